The van der Waals surface area contributed by atoms with Crippen molar-refractivity contribution in [2.45, 2.75) is 37.1 Å². The molecule has 0 radical (unpaired) electrons. The van der Waals surface area contributed by atoms with Crippen molar-refractivity contribution in [2.24, 2.45) is 11.7 Å². The first kappa shape index (κ1) is 14.4. The maximum atomic E-state index is 13.3. The summed E-state index contributed by atoms with van der Waals surface area (Å²) in [6, 6.07) is 3.70. The predicted molar refractivity (Wildman–Crippen MR) is 71.4 cm³/mol. The molecule has 1 aliphatic carbocycles. The number of hydrogen-bond donors (Lipinski definition) is 2. The van der Waals surface area contributed by atoms with Crippen LogP contribution in [0.2, 0.25) is 0 Å². The van der Waals surface area contributed by atoms with E-state index in [2.05, 4.69) is 4.72 Å². The molecule has 1 saturated carbocycles. The lowest BCUT2D eigenvalue weighted by molar-refractivity contribution is 0.297. The summed E-state index contributed by atoms with van der Waals surface area (Å²) in [5.74, 6) is 0.173. The van der Waals surface area contributed by atoms with Gasteiger partial charge in [-0.2, -0.15) is 0 Å². The molecule has 0 aromatic heterocycles. The van der Waals surface area contributed by atoms with Crippen LogP contribution in [0.4, 0.5) is 4.39 Å². The van der Waals surface area contributed by atoms with Crippen molar-refractivity contribution >= 4 is 10.0 Å². The van der Waals surface area contributed by atoms with Crippen LogP contribution in [0.1, 0.15) is 31.2 Å². The van der Waals surface area contributed by atoms with Crippen LogP contribution in [0.5, 0.6) is 0 Å². The van der Waals surface area contributed by atoms with E-state index in [1.807, 2.05) is 0 Å². The second-order valence-corrected chi connectivity index (χ2v) is 6.71. The lowest BCUT2D eigenvalue weighted by Gasteiger charge is -2.25. The normalized spacial score (nSPS) is 16.3. The highest BCUT2D eigenvalue weighted by atomic mass is 32.2. The number of rotatable bonds is 6. The van der Waals surface area contributed by atoms with Crippen molar-refractivity contribution in [2.75, 3.05) is 6.54 Å². The van der Waals surface area contributed by atoms with Crippen LogP contribution >= 0.6 is 0 Å². The van der Waals surface area contributed by atoms with Crippen molar-refractivity contribution in [1.82, 2.24) is 4.72 Å². The Kier molecular flexibility index (Phi) is 4.54. The number of sulfonamides is 1. The fraction of sp³-hybridized carbons (Fsp3) is 0.538. The second-order valence-electron chi connectivity index (χ2n) is 4.94. The fourth-order valence-electron chi connectivity index (χ4n) is 2.14. The summed E-state index contributed by atoms with van der Waals surface area (Å²) >= 11 is 0. The molecule has 2 rings (SSSR count). The molecule has 0 spiro atoms. The summed E-state index contributed by atoms with van der Waals surface area (Å²) in [4.78, 5) is 0.0722. The average Bonchev–Trinajstić information content (AvgIpc) is 2.32. The molecule has 1 fully saturated rings. The topological polar surface area (TPSA) is 72.2 Å². The number of nitrogens with one attached hydrogen (secondary N) is 1. The average molecular weight is 286 g/mol. The third-order valence-electron chi connectivity index (χ3n) is 3.62. The molecule has 0 bridgehead atoms. The molecule has 4 nitrogen and oxygen atoms in total. The van der Waals surface area contributed by atoms with Gasteiger partial charge in [-0.15, -0.1) is 0 Å². The summed E-state index contributed by atoms with van der Waals surface area (Å²) in [6.45, 7) is 0.416. The van der Waals surface area contributed by atoms with Crippen molar-refractivity contribution in [1.29, 1.82) is 0 Å². The first-order valence-electron chi connectivity index (χ1n) is 6.51. The van der Waals surface area contributed by atoms with Crippen LogP contribution < -0.4 is 10.5 Å². The van der Waals surface area contributed by atoms with Gasteiger partial charge >= 0.3 is 0 Å². The summed E-state index contributed by atoms with van der Waals surface area (Å²) in [7, 11) is -3.56. The van der Waals surface area contributed by atoms with Crippen LogP contribution in [0.25, 0.3) is 0 Å². The van der Waals surface area contributed by atoms with Gasteiger partial charge in [-0.25, -0.2) is 17.5 Å². The van der Waals surface area contributed by atoms with Crippen LogP contribution in [0.3, 0.4) is 0 Å². The van der Waals surface area contributed by atoms with Crippen molar-refractivity contribution < 1.29 is 12.8 Å². The molecule has 0 aliphatic heterocycles. The van der Waals surface area contributed by atoms with E-state index in [4.69, 9.17) is 5.73 Å². The van der Waals surface area contributed by atoms with Gasteiger partial charge in [-0.3, -0.25) is 0 Å². The molecule has 0 atom stereocenters. The molecule has 0 saturated heterocycles. The lowest BCUT2D eigenvalue weighted by Crippen LogP contribution is -2.27. The van der Waals surface area contributed by atoms with E-state index in [0.717, 1.165) is 12.5 Å². The minimum atomic E-state index is -3.56. The highest BCUT2D eigenvalue weighted by Gasteiger charge is 2.19. The van der Waals surface area contributed by atoms with Gasteiger partial charge in [-0.1, -0.05) is 19.3 Å². The SMILES string of the molecule is NCc1cc(S(=O)(=O)NCCC2CCC2)ccc1F. The molecular formula is C13H19FN2O2S. The summed E-state index contributed by atoms with van der Waals surface area (Å²) in [5.41, 5.74) is 5.58. The van der Waals surface area contributed by atoms with Gasteiger partial charge < -0.3 is 5.73 Å². The molecule has 0 unspecified atom stereocenters. The van der Waals surface area contributed by atoms with E-state index in [9.17, 15) is 12.8 Å². The number of halogens is 1. The standard InChI is InChI=1S/C13H19FN2O2S/c14-13-5-4-12(8-11(13)9-15)19(17,18)16-7-6-10-2-1-3-10/h4-5,8,10,16H,1-3,6-7,9,15H2. The number of benzene rings is 1. The Hall–Kier alpha value is -0.980. The van der Waals surface area contributed by atoms with Crippen LogP contribution in [0.15, 0.2) is 23.1 Å². The number of hydrogen-bond acceptors (Lipinski definition) is 3. The predicted octanol–water partition coefficient (Wildman–Crippen LogP) is 1.75. The molecule has 0 amide bonds. The zero-order valence-corrected chi connectivity index (χ0v) is 11.5. The van der Waals surface area contributed by atoms with Gasteiger partial charge in [0.25, 0.3) is 0 Å². The molecule has 3 N–H and O–H groups in total. The summed E-state index contributed by atoms with van der Waals surface area (Å²) in [6.07, 6.45) is 4.49. The van der Waals surface area contributed by atoms with Gasteiger partial charge in [0.2, 0.25) is 10.0 Å². The van der Waals surface area contributed by atoms with Crippen LogP contribution in [0, 0.1) is 11.7 Å². The van der Waals surface area contributed by atoms with E-state index < -0.39 is 15.8 Å². The van der Waals surface area contributed by atoms with E-state index in [1.165, 1.54) is 31.4 Å². The third kappa shape index (κ3) is 3.52. The summed E-state index contributed by atoms with van der Waals surface area (Å²) < 4.78 is 39.9. The van der Waals surface area contributed by atoms with Crippen molar-refractivity contribution in [3.8, 4) is 0 Å². The Balaban J connectivity index is 2.01. The van der Waals surface area contributed by atoms with Crippen molar-refractivity contribution in [3.63, 3.8) is 0 Å². The van der Waals surface area contributed by atoms with Crippen molar-refractivity contribution in [3.05, 3.63) is 29.6 Å². The fourth-order valence-corrected chi connectivity index (χ4v) is 3.23. The number of nitrogens with two attached hydrogens (primary N) is 1. The quantitative estimate of drug-likeness (QED) is 0.837. The molecule has 6 heteroatoms. The zero-order chi connectivity index (χ0) is 13.9. The molecule has 106 valence electrons. The van der Waals surface area contributed by atoms with E-state index in [-0.39, 0.29) is 17.0 Å². The molecule has 1 aromatic carbocycles. The van der Waals surface area contributed by atoms with Gasteiger partial charge in [0.05, 0.1) is 4.90 Å². The molecule has 19 heavy (non-hydrogen) atoms. The van der Waals surface area contributed by atoms with Gasteiger partial charge in [0, 0.05) is 18.7 Å². The Bertz CT molecular complexity index is 542. The highest BCUT2D eigenvalue weighted by molar-refractivity contribution is 7.89. The largest absolute Gasteiger partial charge is 0.326 e. The van der Waals surface area contributed by atoms with Crippen LogP contribution in [-0.4, -0.2) is 15.0 Å². The van der Waals surface area contributed by atoms with E-state index in [0.29, 0.717) is 12.5 Å². The van der Waals surface area contributed by atoms with E-state index >= 15 is 0 Å². The van der Waals surface area contributed by atoms with E-state index in [1.54, 1.807) is 0 Å². The molecule has 1 aromatic rings. The first-order valence-corrected chi connectivity index (χ1v) is 7.99. The third-order valence-corrected chi connectivity index (χ3v) is 5.08. The minimum Gasteiger partial charge on any atom is -0.326 e. The minimum absolute atomic E-state index is 0.0166. The molecular weight excluding hydrogens is 267 g/mol. The first-order chi connectivity index (χ1) is 9.03. The van der Waals surface area contributed by atoms with Gasteiger partial charge in [0.1, 0.15) is 5.82 Å². The van der Waals surface area contributed by atoms with Gasteiger partial charge in [-0.05, 0) is 30.5 Å². The van der Waals surface area contributed by atoms with Crippen LogP contribution in [-0.2, 0) is 16.6 Å². The Morgan fingerprint density at radius 1 is 1.37 bits per heavy atom. The maximum Gasteiger partial charge on any atom is 0.240 e. The maximum absolute atomic E-state index is 13.3. The molecule has 1 aliphatic rings. The second kappa shape index (κ2) is 5.98. The summed E-state index contributed by atoms with van der Waals surface area (Å²) in [5, 5.41) is 0. The Morgan fingerprint density at radius 3 is 2.68 bits per heavy atom. The lowest BCUT2D eigenvalue weighted by atomic mass is 9.83. The molecule has 0 heterocycles. The monoisotopic (exact) mass is 286 g/mol. The highest BCUT2D eigenvalue weighted by Crippen LogP contribution is 2.28. The van der Waals surface area contributed by atoms with Gasteiger partial charge in [0.15, 0.2) is 0 Å². The smallest absolute Gasteiger partial charge is 0.240 e. The Labute approximate surface area is 113 Å². The zero-order valence-electron chi connectivity index (χ0n) is 10.7. The Morgan fingerprint density at radius 2 is 2.11 bits per heavy atom.